The Morgan fingerprint density at radius 3 is 2.05 bits per heavy atom. The molecule has 0 bridgehead atoms. The van der Waals surface area contributed by atoms with Crippen molar-refractivity contribution in [2.45, 2.75) is 98.6 Å². The lowest BCUT2D eigenvalue weighted by molar-refractivity contribution is -0.138. The molecule has 39 heavy (non-hydrogen) atoms. The normalized spacial score (nSPS) is 12.0. The van der Waals surface area contributed by atoms with Gasteiger partial charge < -0.3 is 20.3 Å². The lowest BCUT2D eigenvalue weighted by atomic mass is 9.97. The summed E-state index contributed by atoms with van der Waals surface area (Å²) < 4.78 is 5.32. The molecule has 2 aromatic carbocycles. The van der Waals surface area contributed by atoms with Crippen LogP contribution in [0.2, 0.25) is 0 Å². The summed E-state index contributed by atoms with van der Waals surface area (Å²) in [5, 5.41) is 5.69. The summed E-state index contributed by atoms with van der Waals surface area (Å²) in [4.78, 5) is 41.6. The van der Waals surface area contributed by atoms with Crippen LogP contribution in [-0.2, 0) is 14.3 Å². The highest BCUT2D eigenvalue weighted by Crippen LogP contribution is 2.28. The molecule has 7 heteroatoms. The Balaban J connectivity index is 2.38. The van der Waals surface area contributed by atoms with Gasteiger partial charge in [0.05, 0.1) is 0 Å². The lowest BCUT2D eigenvalue weighted by Crippen LogP contribution is -2.47. The summed E-state index contributed by atoms with van der Waals surface area (Å²) >= 11 is 0. The van der Waals surface area contributed by atoms with Gasteiger partial charge in [-0.2, -0.15) is 0 Å². The van der Waals surface area contributed by atoms with E-state index >= 15 is 0 Å². The monoisotopic (exact) mass is 537 g/mol. The second-order valence-electron chi connectivity index (χ2n) is 11.2. The Hall–Kier alpha value is -3.35. The van der Waals surface area contributed by atoms with Gasteiger partial charge >= 0.3 is 6.09 Å². The molecule has 0 aromatic heterocycles. The summed E-state index contributed by atoms with van der Waals surface area (Å²) in [7, 11) is 0. The van der Waals surface area contributed by atoms with Crippen molar-refractivity contribution < 1.29 is 19.1 Å². The average molecular weight is 538 g/mol. The van der Waals surface area contributed by atoms with Gasteiger partial charge in [-0.05, 0) is 70.2 Å². The fraction of sp³-hybridized carbons (Fsp3) is 0.531. The fourth-order valence-electron chi connectivity index (χ4n) is 4.57. The number of unbranched alkanes of at least 4 members (excludes halogenated alkanes) is 5. The number of rotatable bonds is 13. The molecule has 3 amide bonds. The molecule has 0 aliphatic carbocycles. The molecule has 2 rings (SSSR count). The Morgan fingerprint density at radius 1 is 0.846 bits per heavy atom. The third-order valence-corrected chi connectivity index (χ3v) is 6.63. The molecule has 0 saturated carbocycles. The largest absolute Gasteiger partial charge is 0.444 e. The number of anilines is 1. The van der Waals surface area contributed by atoms with Crippen molar-refractivity contribution in [3.05, 3.63) is 64.7 Å². The maximum Gasteiger partial charge on any atom is 0.408 e. The molecule has 214 valence electrons. The van der Waals surface area contributed by atoms with Crippen LogP contribution in [0.5, 0.6) is 0 Å². The van der Waals surface area contributed by atoms with Crippen molar-refractivity contribution in [3.8, 4) is 0 Å². The van der Waals surface area contributed by atoms with E-state index in [1.165, 1.54) is 6.42 Å². The lowest BCUT2D eigenvalue weighted by Gasteiger charge is -2.33. The van der Waals surface area contributed by atoms with Crippen molar-refractivity contribution in [1.82, 2.24) is 10.2 Å². The minimum absolute atomic E-state index is 0.260. The molecule has 0 fully saturated rings. The third kappa shape index (κ3) is 10.4. The predicted molar refractivity (Wildman–Crippen MR) is 158 cm³/mol. The van der Waals surface area contributed by atoms with E-state index in [1.807, 2.05) is 63.2 Å². The van der Waals surface area contributed by atoms with Crippen molar-refractivity contribution in [2.75, 3.05) is 18.4 Å². The number of nitrogens with one attached hydrogen (secondary N) is 2. The van der Waals surface area contributed by atoms with Crippen LogP contribution in [0.1, 0.15) is 94.5 Å². The smallest absolute Gasteiger partial charge is 0.408 e. The van der Waals surface area contributed by atoms with Crippen LogP contribution in [0.15, 0.2) is 42.5 Å². The molecule has 0 heterocycles. The molecule has 0 radical (unpaired) electrons. The summed E-state index contributed by atoms with van der Waals surface area (Å²) in [5.41, 5.74) is 3.65. The van der Waals surface area contributed by atoms with Crippen LogP contribution in [-0.4, -0.2) is 41.5 Å². The summed E-state index contributed by atoms with van der Waals surface area (Å²) in [6.07, 6.45) is 5.64. The first-order valence-electron chi connectivity index (χ1n) is 14.1. The molecule has 0 spiro atoms. The summed E-state index contributed by atoms with van der Waals surface area (Å²) in [5.74, 6) is -0.613. The zero-order chi connectivity index (χ0) is 29.0. The standard InChI is InChI=1S/C32H47N3O4/c1-8-9-10-11-12-15-21-35(27(36)22-33-31(38)39-32(5,6)7)29(26-20-14-13-17-23(26)2)30(37)34-28-24(3)18-16-19-25(28)4/h13-14,16-20,29H,8-12,15,21-22H2,1-7H3,(H,33,38)(H,34,37). The van der Waals surface area contributed by atoms with Gasteiger partial charge in [-0.1, -0.05) is 81.5 Å². The van der Waals surface area contributed by atoms with Gasteiger partial charge in [-0.25, -0.2) is 4.79 Å². The quantitative estimate of drug-likeness (QED) is 0.269. The third-order valence-electron chi connectivity index (χ3n) is 6.63. The SMILES string of the molecule is CCCCCCCCN(C(=O)CNC(=O)OC(C)(C)C)C(C(=O)Nc1c(C)cccc1C)c1ccccc1C. The van der Waals surface area contributed by atoms with E-state index < -0.39 is 17.7 Å². The number of benzene rings is 2. The average Bonchev–Trinajstić information content (AvgIpc) is 2.86. The van der Waals surface area contributed by atoms with Crippen molar-refractivity contribution in [3.63, 3.8) is 0 Å². The van der Waals surface area contributed by atoms with Gasteiger partial charge in [-0.3, -0.25) is 9.59 Å². The maximum atomic E-state index is 14.0. The van der Waals surface area contributed by atoms with Gasteiger partial charge in [0.15, 0.2) is 0 Å². The number of ether oxygens (including phenoxy) is 1. The first-order valence-corrected chi connectivity index (χ1v) is 14.1. The summed E-state index contributed by atoms with van der Waals surface area (Å²) in [6, 6.07) is 12.7. The van der Waals surface area contributed by atoms with E-state index in [2.05, 4.69) is 17.6 Å². The van der Waals surface area contributed by atoms with Gasteiger partial charge in [-0.15, -0.1) is 0 Å². The molecule has 1 atom stereocenters. The number of hydrogen-bond acceptors (Lipinski definition) is 4. The van der Waals surface area contributed by atoms with E-state index in [0.717, 1.165) is 60.0 Å². The topological polar surface area (TPSA) is 87.7 Å². The van der Waals surface area contributed by atoms with E-state index in [4.69, 9.17) is 4.74 Å². The molecule has 1 unspecified atom stereocenters. The number of para-hydroxylation sites is 1. The number of alkyl carbamates (subject to hydrolysis) is 1. The Morgan fingerprint density at radius 2 is 1.44 bits per heavy atom. The van der Waals surface area contributed by atoms with Crippen LogP contribution in [0, 0.1) is 20.8 Å². The van der Waals surface area contributed by atoms with Gasteiger partial charge in [0.1, 0.15) is 18.2 Å². The van der Waals surface area contributed by atoms with Crippen molar-refractivity contribution in [1.29, 1.82) is 0 Å². The van der Waals surface area contributed by atoms with Gasteiger partial charge in [0, 0.05) is 12.2 Å². The van der Waals surface area contributed by atoms with Crippen LogP contribution in [0.4, 0.5) is 10.5 Å². The molecule has 2 aromatic rings. The van der Waals surface area contributed by atoms with Crippen molar-refractivity contribution in [2.24, 2.45) is 0 Å². The highest BCUT2D eigenvalue weighted by atomic mass is 16.6. The highest BCUT2D eigenvalue weighted by Gasteiger charge is 2.33. The zero-order valence-electron chi connectivity index (χ0n) is 24.9. The van der Waals surface area contributed by atoms with Gasteiger partial charge in [0.25, 0.3) is 5.91 Å². The number of amides is 3. The minimum atomic E-state index is -0.853. The second kappa shape index (κ2) is 15.3. The van der Waals surface area contributed by atoms with Crippen LogP contribution in [0.25, 0.3) is 0 Å². The molecule has 0 aliphatic heterocycles. The van der Waals surface area contributed by atoms with E-state index in [-0.39, 0.29) is 18.4 Å². The highest BCUT2D eigenvalue weighted by molar-refractivity contribution is 5.99. The fourth-order valence-corrected chi connectivity index (χ4v) is 4.57. The molecular formula is C32H47N3O4. The number of carbonyl (C=O) groups excluding carboxylic acids is 3. The molecule has 0 aliphatic rings. The number of hydrogen-bond donors (Lipinski definition) is 2. The first kappa shape index (κ1) is 31.9. The van der Waals surface area contributed by atoms with E-state index in [0.29, 0.717) is 6.54 Å². The first-order chi connectivity index (χ1) is 18.4. The predicted octanol–water partition coefficient (Wildman–Crippen LogP) is 7.01. The zero-order valence-corrected chi connectivity index (χ0v) is 24.9. The van der Waals surface area contributed by atoms with E-state index in [1.54, 1.807) is 25.7 Å². The molecule has 2 N–H and O–H groups in total. The molecule has 7 nitrogen and oxygen atoms in total. The Labute approximate surface area is 234 Å². The van der Waals surface area contributed by atoms with E-state index in [9.17, 15) is 14.4 Å². The summed E-state index contributed by atoms with van der Waals surface area (Å²) in [6.45, 7) is 13.5. The Kier molecular flexibility index (Phi) is 12.5. The Bertz CT molecular complexity index is 1090. The molecule has 0 saturated heterocycles. The number of carbonyl (C=O) groups is 3. The maximum absolute atomic E-state index is 14.0. The van der Waals surface area contributed by atoms with Gasteiger partial charge in [0.2, 0.25) is 5.91 Å². The number of aryl methyl sites for hydroxylation is 3. The van der Waals surface area contributed by atoms with Crippen molar-refractivity contribution >= 4 is 23.6 Å². The van der Waals surface area contributed by atoms with Crippen LogP contribution in [0.3, 0.4) is 0 Å². The second-order valence-corrected chi connectivity index (χ2v) is 11.2. The minimum Gasteiger partial charge on any atom is -0.444 e. The molecular weight excluding hydrogens is 490 g/mol. The van der Waals surface area contributed by atoms with Crippen LogP contribution < -0.4 is 10.6 Å². The number of nitrogens with zero attached hydrogens (tertiary/aromatic N) is 1. The van der Waals surface area contributed by atoms with Crippen LogP contribution >= 0.6 is 0 Å².